The van der Waals surface area contributed by atoms with Crippen molar-refractivity contribution in [3.63, 3.8) is 0 Å². The third kappa shape index (κ3) is 4.83. The van der Waals surface area contributed by atoms with E-state index in [0.29, 0.717) is 22.9 Å². The number of halogens is 1. The summed E-state index contributed by atoms with van der Waals surface area (Å²) in [6, 6.07) is 7.32. The Kier molecular flexibility index (Phi) is 5.98. The van der Waals surface area contributed by atoms with Crippen molar-refractivity contribution in [2.24, 2.45) is 4.99 Å². The summed E-state index contributed by atoms with van der Waals surface area (Å²) in [7, 11) is 0. The van der Waals surface area contributed by atoms with Crippen molar-refractivity contribution in [1.29, 1.82) is 0 Å². The molecule has 128 valence electrons. The van der Waals surface area contributed by atoms with Gasteiger partial charge in [0.2, 0.25) is 11.7 Å². The van der Waals surface area contributed by atoms with Crippen molar-refractivity contribution in [2.75, 3.05) is 0 Å². The third-order valence-corrected chi connectivity index (χ3v) is 3.55. The van der Waals surface area contributed by atoms with Gasteiger partial charge in [-0.15, -0.1) is 0 Å². The van der Waals surface area contributed by atoms with Crippen LogP contribution in [0.1, 0.15) is 27.7 Å². The largest absolute Gasteiger partial charge is 0.450 e. The molecule has 0 radical (unpaired) electrons. The number of hydrogen-bond donors (Lipinski definition) is 1. The molecule has 1 N–H and O–H groups in total. The number of hydrogen-bond acceptors (Lipinski definition) is 4. The second kappa shape index (κ2) is 7.97. The molecule has 1 aromatic heterocycles. The highest BCUT2D eigenvalue weighted by atomic mass is 35.5. The number of aromatic amines is 1. The molecule has 1 aromatic carbocycles. The SMILES string of the molecule is CC(C)N(/C=N/c1ncc(Oc2ccc(Cl)cc2)c(=O)[nH]1)C(C)C. The molecule has 6 nitrogen and oxygen atoms in total. The molecule has 0 atom stereocenters. The number of nitrogens with zero attached hydrogens (tertiary/aromatic N) is 3. The summed E-state index contributed by atoms with van der Waals surface area (Å²) in [6.07, 6.45) is 3.04. The fourth-order valence-electron chi connectivity index (χ4n) is 2.13. The van der Waals surface area contributed by atoms with Crippen LogP contribution in [-0.4, -0.2) is 33.3 Å². The molecule has 7 heteroatoms. The van der Waals surface area contributed by atoms with Crippen LogP contribution >= 0.6 is 11.6 Å². The second-order valence-electron chi connectivity index (χ2n) is 5.84. The first kappa shape index (κ1) is 18.0. The van der Waals surface area contributed by atoms with E-state index in [9.17, 15) is 4.79 Å². The predicted octanol–water partition coefficient (Wildman–Crippen LogP) is 3.99. The van der Waals surface area contributed by atoms with Crippen LogP contribution in [0.3, 0.4) is 0 Å². The quantitative estimate of drug-likeness (QED) is 0.632. The summed E-state index contributed by atoms with van der Waals surface area (Å²) in [6.45, 7) is 8.30. The zero-order chi connectivity index (χ0) is 17.7. The lowest BCUT2D eigenvalue weighted by molar-refractivity contribution is 0.301. The molecule has 2 aromatic rings. The maximum Gasteiger partial charge on any atom is 0.295 e. The maximum atomic E-state index is 12.1. The molecule has 0 aliphatic heterocycles. The standard InChI is InChI=1S/C17H21ClN4O2/c1-11(2)22(12(3)4)10-20-17-19-9-15(16(23)21-17)24-14-7-5-13(18)6-8-14/h5-12H,1-4H3,(H,19,21,23)/b20-10+. The van der Waals surface area contributed by atoms with Crippen molar-refractivity contribution in [3.8, 4) is 11.5 Å². The smallest absolute Gasteiger partial charge is 0.295 e. The zero-order valence-electron chi connectivity index (χ0n) is 14.2. The molecule has 0 aliphatic carbocycles. The Morgan fingerprint density at radius 3 is 2.38 bits per heavy atom. The van der Waals surface area contributed by atoms with E-state index in [-0.39, 0.29) is 11.7 Å². The summed E-state index contributed by atoms with van der Waals surface area (Å²) in [4.78, 5) is 25.1. The molecule has 24 heavy (non-hydrogen) atoms. The summed E-state index contributed by atoms with van der Waals surface area (Å²) in [5, 5.41) is 0.596. The van der Waals surface area contributed by atoms with Gasteiger partial charge >= 0.3 is 0 Å². The highest BCUT2D eigenvalue weighted by molar-refractivity contribution is 6.30. The average Bonchev–Trinajstić information content (AvgIpc) is 2.51. The van der Waals surface area contributed by atoms with Gasteiger partial charge in [-0.1, -0.05) is 11.6 Å². The van der Waals surface area contributed by atoms with Gasteiger partial charge in [0.15, 0.2) is 0 Å². The average molecular weight is 349 g/mol. The Labute approximate surface area is 146 Å². The molecule has 0 bridgehead atoms. The van der Waals surface area contributed by atoms with Gasteiger partial charge in [-0.25, -0.2) is 9.98 Å². The van der Waals surface area contributed by atoms with E-state index in [4.69, 9.17) is 16.3 Å². The Balaban J connectivity index is 2.14. The van der Waals surface area contributed by atoms with Gasteiger partial charge < -0.3 is 9.64 Å². The minimum atomic E-state index is -0.396. The number of ether oxygens (including phenoxy) is 1. The number of nitrogens with one attached hydrogen (secondary N) is 1. The topological polar surface area (TPSA) is 70.6 Å². The minimum Gasteiger partial charge on any atom is -0.450 e. The lowest BCUT2D eigenvalue weighted by Crippen LogP contribution is -2.35. The number of aliphatic imine (C=N–C) groups is 1. The monoisotopic (exact) mass is 348 g/mol. The molecule has 0 saturated carbocycles. The van der Waals surface area contributed by atoms with E-state index in [1.165, 1.54) is 6.20 Å². The van der Waals surface area contributed by atoms with Crippen LogP contribution in [-0.2, 0) is 0 Å². The van der Waals surface area contributed by atoms with Crippen molar-refractivity contribution >= 4 is 23.9 Å². The van der Waals surface area contributed by atoms with Crippen LogP contribution in [0.2, 0.25) is 5.02 Å². The Bertz CT molecular complexity index is 746. The van der Waals surface area contributed by atoms with Crippen LogP contribution in [0.25, 0.3) is 0 Å². The summed E-state index contributed by atoms with van der Waals surface area (Å²) >= 11 is 5.82. The maximum absolute atomic E-state index is 12.1. The molecule has 2 rings (SSSR count). The van der Waals surface area contributed by atoms with E-state index in [0.717, 1.165) is 0 Å². The zero-order valence-corrected chi connectivity index (χ0v) is 14.9. The highest BCUT2D eigenvalue weighted by Crippen LogP contribution is 2.20. The predicted molar refractivity (Wildman–Crippen MR) is 96.6 cm³/mol. The number of benzene rings is 1. The highest BCUT2D eigenvalue weighted by Gasteiger charge is 2.09. The van der Waals surface area contributed by atoms with Gasteiger partial charge in [-0.3, -0.25) is 9.78 Å². The molecule has 1 heterocycles. The molecule has 0 fully saturated rings. The lowest BCUT2D eigenvalue weighted by atomic mass is 10.2. The fourth-order valence-corrected chi connectivity index (χ4v) is 2.25. The van der Waals surface area contributed by atoms with E-state index in [1.807, 2.05) is 0 Å². The Hall–Kier alpha value is -2.34. The normalized spacial score (nSPS) is 11.5. The van der Waals surface area contributed by atoms with Crippen molar-refractivity contribution in [3.05, 3.63) is 45.8 Å². The minimum absolute atomic E-state index is 0.0980. The molecule has 0 unspecified atom stereocenters. The molecular weight excluding hydrogens is 328 g/mol. The van der Waals surface area contributed by atoms with Crippen molar-refractivity contribution in [1.82, 2.24) is 14.9 Å². The van der Waals surface area contributed by atoms with Crippen molar-refractivity contribution in [2.45, 2.75) is 39.8 Å². The van der Waals surface area contributed by atoms with Gasteiger partial charge in [-0.2, -0.15) is 0 Å². The van der Waals surface area contributed by atoms with Crippen molar-refractivity contribution < 1.29 is 4.74 Å². The summed E-state index contributed by atoms with van der Waals surface area (Å²) in [5.41, 5.74) is -0.396. The van der Waals surface area contributed by atoms with Crippen LogP contribution < -0.4 is 10.3 Å². The Morgan fingerprint density at radius 1 is 1.21 bits per heavy atom. The van der Waals surface area contributed by atoms with Gasteiger partial charge in [0.05, 0.1) is 12.5 Å². The first-order chi connectivity index (χ1) is 11.4. The van der Waals surface area contributed by atoms with Crippen LogP contribution in [0.4, 0.5) is 5.95 Å². The molecular formula is C17H21ClN4O2. The third-order valence-electron chi connectivity index (χ3n) is 3.30. The van der Waals surface area contributed by atoms with E-state index >= 15 is 0 Å². The number of rotatable bonds is 6. The van der Waals surface area contributed by atoms with Gasteiger partial charge in [0.1, 0.15) is 5.75 Å². The number of aromatic nitrogens is 2. The Morgan fingerprint density at radius 2 is 1.83 bits per heavy atom. The molecule has 0 amide bonds. The van der Waals surface area contributed by atoms with Gasteiger partial charge in [0, 0.05) is 17.1 Å². The molecule has 0 saturated heterocycles. The van der Waals surface area contributed by atoms with Gasteiger partial charge in [0.25, 0.3) is 5.56 Å². The van der Waals surface area contributed by atoms with E-state index in [1.54, 1.807) is 30.6 Å². The second-order valence-corrected chi connectivity index (χ2v) is 6.27. The molecule has 0 aliphatic rings. The van der Waals surface area contributed by atoms with E-state index < -0.39 is 5.56 Å². The first-order valence-corrected chi connectivity index (χ1v) is 8.09. The van der Waals surface area contributed by atoms with E-state index in [2.05, 4.69) is 47.6 Å². The van der Waals surface area contributed by atoms with Crippen LogP contribution in [0.5, 0.6) is 11.5 Å². The lowest BCUT2D eigenvalue weighted by Gasteiger charge is -2.27. The first-order valence-electron chi connectivity index (χ1n) is 7.71. The summed E-state index contributed by atoms with van der Waals surface area (Å²) < 4.78 is 5.49. The number of H-pyrrole nitrogens is 1. The molecule has 0 spiro atoms. The van der Waals surface area contributed by atoms with Gasteiger partial charge in [-0.05, 0) is 52.0 Å². The fraction of sp³-hybridized carbons (Fsp3) is 0.353. The van der Waals surface area contributed by atoms with Crippen LogP contribution in [0.15, 0.2) is 40.2 Å². The van der Waals surface area contributed by atoms with Crippen LogP contribution in [0, 0.1) is 0 Å². The summed E-state index contributed by atoms with van der Waals surface area (Å²) in [5.74, 6) is 0.837.